The van der Waals surface area contributed by atoms with E-state index < -0.39 is 39.8 Å². The van der Waals surface area contributed by atoms with Gasteiger partial charge in [-0.3, -0.25) is 14.4 Å². The van der Waals surface area contributed by atoms with Crippen LogP contribution >= 0.6 is 0 Å². The van der Waals surface area contributed by atoms with E-state index in [-0.39, 0.29) is 45.6 Å². The van der Waals surface area contributed by atoms with Gasteiger partial charge in [-0.1, -0.05) is 16.6 Å². The number of carbonyl (C=O) groups excluding carboxylic acids is 3. The van der Waals surface area contributed by atoms with E-state index >= 15 is 0 Å². The molecule has 1 fully saturated rings. The van der Waals surface area contributed by atoms with Crippen molar-refractivity contribution in [3.05, 3.63) is 10.4 Å². The van der Waals surface area contributed by atoms with E-state index in [2.05, 4.69) is 10.0 Å². The minimum Gasteiger partial charge on any atom is -0.428 e. The molecular formula is C18H31N5O9S. The monoisotopic (exact) mass is 493 g/mol. The summed E-state index contributed by atoms with van der Waals surface area (Å²) in [7, 11) is -0.996. The van der Waals surface area contributed by atoms with Crippen LogP contribution in [0.25, 0.3) is 10.4 Å². The van der Waals surface area contributed by atoms with Gasteiger partial charge < -0.3 is 14.2 Å². The van der Waals surface area contributed by atoms with E-state index in [1.54, 1.807) is 0 Å². The third-order valence-corrected chi connectivity index (χ3v) is 6.61. The summed E-state index contributed by atoms with van der Waals surface area (Å²) in [5.41, 5.74) is 8.31. The molecule has 0 N–H and O–H groups in total. The number of amides is 2. The zero-order valence-electron chi connectivity index (χ0n) is 18.9. The van der Waals surface area contributed by atoms with Crippen molar-refractivity contribution in [3.63, 3.8) is 0 Å². The number of azide groups is 1. The molecule has 14 nitrogen and oxygen atoms in total. The summed E-state index contributed by atoms with van der Waals surface area (Å²) in [4.78, 5) is 42.8. The molecule has 1 aliphatic heterocycles. The van der Waals surface area contributed by atoms with Gasteiger partial charge in [0.1, 0.15) is 11.9 Å². The quantitative estimate of drug-likeness (QED) is 0.0722. The number of sulfonamides is 1. The van der Waals surface area contributed by atoms with Crippen LogP contribution in [0.15, 0.2) is 5.11 Å². The van der Waals surface area contributed by atoms with Crippen LogP contribution < -0.4 is 0 Å². The molecule has 1 unspecified atom stereocenters. The summed E-state index contributed by atoms with van der Waals surface area (Å²) < 4.78 is 42.2. The van der Waals surface area contributed by atoms with Gasteiger partial charge >= 0.3 is 6.16 Å². The van der Waals surface area contributed by atoms with Crippen LogP contribution in [0.3, 0.4) is 0 Å². The van der Waals surface area contributed by atoms with Crippen LogP contribution in [-0.2, 0) is 38.7 Å². The first kappa shape index (κ1) is 28.6. The van der Waals surface area contributed by atoms with Gasteiger partial charge in [0.25, 0.3) is 11.8 Å². The number of hydrogen-bond acceptors (Lipinski definition) is 10. The van der Waals surface area contributed by atoms with Crippen molar-refractivity contribution < 1.29 is 41.8 Å². The van der Waals surface area contributed by atoms with E-state index in [0.717, 1.165) is 0 Å². The average Bonchev–Trinajstić information content (AvgIpc) is 3.07. The predicted molar refractivity (Wildman–Crippen MR) is 114 cm³/mol. The van der Waals surface area contributed by atoms with Gasteiger partial charge in [0.2, 0.25) is 10.0 Å². The van der Waals surface area contributed by atoms with Crippen molar-refractivity contribution >= 4 is 28.0 Å². The summed E-state index contributed by atoms with van der Waals surface area (Å²) in [6.07, 6.45) is -0.754. The topological polar surface area (TPSA) is 178 Å². The van der Waals surface area contributed by atoms with E-state index in [4.69, 9.17) is 24.6 Å². The highest BCUT2D eigenvalue weighted by molar-refractivity contribution is 7.89. The molecular weight excluding hydrogens is 462 g/mol. The molecule has 33 heavy (non-hydrogen) atoms. The number of ether oxygens (including phenoxy) is 3. The lowest BCUT2D eigenvalue weighted by Crippen LogP contribution is -2.42. The number of carbonyl (C=O) groups is 3. The Morgan fingerprint density at radius 2 is 1.73 bits per heavy atom. The molecule has 15 heteroatoms. The maximum atomic E-state index is 13.0. The molecule has 0 aromatic carbocycles. The van der Waals surface area contributed by atoms with Crippen LogP contribution in [0.1, 0.15) is 38.5 Å². The number of unbranched alkanes of at least 4 members (excludes halogenated alkanes) is 2. The Kier molecular flexibility index (Phi) is 13.3. The van der Waals surface area contributed by atoms with Gasteiger partial charge in [-0.25, -0.2) is 13.2 Å². The van der Waals surface area contributed by atoms with Gasteiger partial charge in [0.05, 0.1) is 13.2 Å². The Bertz CT molecular complexity index is 777. The predicted octanol–water partition coefficient (Wildman–Crippen LogP) is 1.37. The number of imide groups is 1. The van der Waals surface area contributed by atoms with Crippen molar-refractivity contribution in [2.24, 2.45) is 5.11 Å². The lowest BCUT2D eigenvalue weighted by molar-refractivity contribution is -0.178. The van der Waals surface area contributed by atoms with Crippen LogP contribution in [0, 0.1) is 0 Å². The van der Waals surface area contributed by atoms with Crippen molar-refractivity contribution in [2.45, 2.75) is 44.6 Å². The Balaban J connectivity index is 2.83. The fourth-order valence-corrected chi connectivity index (χ4v) is 4.58. The third kappa shape index (κ3) is 10.8. The molecule has 0 bridgehead atoms. The smallest absolute Gasteiger partial charge is 0.428 e. The van der Waals surface area contributed by atoms with E-state index in [0.29, 0.717) is 30.9 Å². The van der Waals surface area contributed by atoms with Gasteiger partial charge in [-0.15, -0.1) is 0 Å². The molecule has 188 valence electrons. The minimum atomic E-state index is -3.89. The highest BCUT2D eigenvalue weighted by atomic mass is 32.2. The van der Waals surface area contributed by atoms with E-state index in [1.807, 2.05) is 0 Å². The SMILES string of the molecule is COCCN(CCOC)S(=O)(=O)CC(CCCCCN=[N+]=[N-])OC(=O)ON1C(=O)CCC1=O. The van der Waals surface area contributed by atoms with Gasteiger partial charge in [-0.2, -0.15) is 4.31 Å². The molecule has 0 aromatic rings. The molecule has 1 aliphatic rings. The molecule has 1 saturated heterocycles. The number of hydrogen-bond donors (Lipinski definition) is 0. The molecule has 0 spiro atoms. The first-order valence-corrected chi connectivity index (χ1v) is 12.1. The summed E-state index contributed by atoms with van der Waals surface area (Å²) >= 11 is 0. The Morgan fingerprint density at radius 1 is 1.12 bits per heavy atom. The Morgan fingerprint density at radius 3 is 2.27 bits per heavy atom. The van der Waals surface area contributed by atoms with Crippen LogP contribution in [0.2, 0.25) is 0 Å². The first-order valence-electron chi connectivity index (χ1n) is 10.5. The van der Waals surface area contributed by atoms with Gasteiger partial charge in [0, 0.05) is 51.6 Å². The molecule has 0 saturated carbocycles. The normalized spacial score (nSPS) is 14.9. The van der Waals surface area contributed by atoms with Crippen LogP contribution in [-0.4, -0.2) is 94.7 Å². The van der Waals surface area contributed by atoms with E-state index in [9.17, 15) is 22.8 Å². The molecule has 0 radical (unpaired) electrons. The number of rotatable bonds is 17. The standard InChI is InChI=1S/C18H31N5O9S/c1-29-12-10-22(11-13-30-2)33(27,28)14-15(6-4-3-5-9-20-21-19)31-18(26)32-23-16(24)7-8-17(23)25/h15H,3-14H2,1-2H3. The molecule has 0 aromatic heterocycles. The largest absolute Gasteiger partial charge is 0.534 e. The highest BCUT2D eigenvalue weighted by Gasteiger charge is 2.35. The molecule has 0 aliphatic carbocycles. The summed E-state index contributed by atoms with van der Waals surface area (Å²) in [5.74, 6) is -1.89. The Labute approximate surface area is 192 Å². The minimum absolute atomic E-state index is 0.0803. The second-order valence-corrected chi connectivity index (χ2v) is 9.14. The second-order valence-electron chi connectivity index (χ2n) is 7.13. The third-order valence-electron chi connectivity index (χ3n) is 4.66. The summed E-state index contributed by atoms with van der Waals surface area (Å²) in [6, 6.07) is 0. The number of hydroxylamine groups is 2. The van der Waals surface area contributed by atoms with Crippen LogP contribution in [0.5, 0.6) is 0 Å². The van der Waals surface area contributed by atoms with Gasteiger partial charge in [-0.05, 0) is 24.8 Å². The lowest BCUT2D eigenvalue weighted by atomic mass is 10.1. The zero-order valence-corrected chi connectivity index (χ0v) is 19.7. The van der Waals surface area contributed by atoms with Crippen LogP contribution in [0.4, 0.5) is 4.79 Å². The fraction of sp³-hybridized carbons (Fsp3) is 0.833. The van der Waals surface area contributed by atoms with Crippen molar-refractivity contribution in [1.29, 1.82) is 0 Å². The second kappa shape index (κ2) is 15.4. The summed E-state index contributed by atoms with van der Waals surface area (Å²) in [6.45, 7) is 0.790. The van der Waals surface area contributed by atoms with Gasteiger partial charge in [0.15, 0.2) is 0 Å². The first-order chi connectivity index (χ1) is 15.7. The molecule has 2 amide bonds. The zero-order chi connectivity index (χ0) is 24.7. The van der Waals surface area contributed by atoms with Crippen molar-refractivity contribution in [2.75, 3.05) is 52.8 Å². The highest BCUT2D eigenvalue weighted by Crippen LogP contribution is 2.16. The van der Waals surface area contributed by atoms with Crippen molar-refractivity contribution in [3.8, 4) is 0 Å². The molecule has 1 atom stereocenters. The number of nitrogens with zero attached hydrogens (tertiary/aromatic N) is 5. The van der Waals surface area contributed by atoms with Crippen molar-refractivity contribution in [1.82, 2.24) is 9.37 Å². The molecule has 1 heterocycles. The summed E-state index contributed by atoms with van der Waals surface area (Å²) in [5, 5.41) is 3.76. The van der Waals surface area contributed by atoms with E-state index in [1.165, 1.54) is 18.5 Å². The Hall–Kier alpha value is -2.45. The maximum absolute atomic E-state index is 13.0. The fourth-order valence-electron chi connectivity index (χ4n) is 2.96. The maximum Gasteiger partial charge on any atom is 0.534 e. The molecule has 1 rings (SSSR count). The lowest BCUT2D eigenvalue weighted by Gasteiger charge is -2.25. The number of methoxy groups -OCH3 is 2. The average molecular weight is 494 g/mol.